The lowest BCUT2D eigenvalue weighted by Gasteiger charge is -2.52. The molecular formula is C16H32N2O. The second-order valence-corrected chi connectivity index (χ2v) is 7.05. The van der Waals surface area contributed by atoms with E-state index in [9.17, 15) is 0 Å². The molecule has 19 heavy (non-hydrogen) atoms. The van der Waals surface area contributed by atoms with Crippen LogP contribution in [0.1, 0.15) is 59.3 Å². The van der Waals surface area contributed by atoms with Gasteiger partial charge in [0.05, 0.1) is 6.10 Å². The monoisotopic (exact) mass is 268 g/mol. The molecule has 1 saturated carbocycles. The van der Waals surface area contributed by atoms with Gasteiger partial charge in [-0.2, -0.15) is 0 Å². The summed E-state index contributed by atoms with van der Waals surface area (Å²) >= 11 is 0. The number of nitrogens with zero attached hydrogens (tertiary/aromatic N) is 1. The van der Waals surface area contributed by atoms with E-state index in [0.717, 1.165) is 26.1 Å². The fraction of sp³-hybridized carbons (Fsp3) is 1.00. The molecule has 1 saturated heterocycles. The third kappa shape index (κ3) is 2.84. The Morgan fingerprint density at radius 1 is 1.26 bits per heavy atom. The third-order valence-corrected chi connectivity index (χ3v) is 5.53. The van der Waals surface area contributed by atoms with Crippen molar-refractivity contribution >= 4 is 0 Å². The Labute approximate surface area is 118 Å². The van der Waals surface area contributed by atoms with Gasteiger partial charge >= 0.3 is 0 Å². The van der Waals surface area contributed by atoms with Crippen LogP contribution in [0.25, 0.3) is 0 Å². The average Bonchev–Trinajstić information content (AvgIpc) is 2.72. The normalized spacial score (nSPS) is 35.7. The van der Waals surface area contributed by atoms with E-state index in [2.05, 4.69) is 25.7 Å². The first kappa shape index (κ1) is 15.3. The fourth-order valence-corrected chi connectivity index (χ4v) is 4.23. The molecule has 0 aromatic heterocycles. The highest BCUT2D eigenvalue weighted by Gasteiger charge is 2.52. The van der Waals surface area contributed by atoms with Gasteiger partial charge in [0.25, 0.3) is 0 Å². The van der Waals surface area contributed by atoms with Crippen LogP contribution in [0.4, 0.5) is 0 Å². The number of nitrogens with two attached hydrogens (primary N) is 1. The molecule has 0 amide bonds. The zero-order chi connectivity index (χ0) is 13.9. The average molecular weight is 268 g/mol. The van der Waals surface area contributed by atoms with Crippen LogP contribution in [0, 0.1) is 5.41 Å². The van der Waals surface area contributed by atoms with E-state index in [-0.39, 0.29) is 5.54 Å². The highest BCUT2D eigenvalue weighted by molar-refractivity contribution is 5.08. The van der Waals surface area contributed by atoms with Gasteiger partial charge in [0, 0.05) is 25.2 Å². The molecule has 1 aliphatic carbocycles. The van der Waals surface area contributed by atoms with E-state index in [1.165, 1.54) is 38.6 Å². The maximum atomic E-state index is 6.24. The summed E-state index contributed by atoms with van der Waals surface area (Å²) in [6, 6.07) is 0. The highest BCUT2D eigenvalue weighted by atomic mass is 16.5. The fourth-order valence-electron chi connectivity index (χ4n) is 4.23. The van der Waals surface area contributed by atoms with Crippen LogP contribution in [-0.2, 0) is 4.74 Å². The quantitative estimate of drug-likeness (QED) is 0.833. The van der Waals surface area contributed by atoms with Crippen molar-refractivity contribution in [2.45, 2.75) is 70.9 Å². The minimum atomic E-state index is 0.210. The lowest BCUT2D eigenvalue weighted by Crippen LogP contribution is -2.62. The molecule has 1 aliphatic heterocycles. The van der Waals surface area contributed by atoms with Crippen molar-refractivity contribution in [1.29, 1.82) is 0 Å². The Balaban J connectivity index is 2.06. The van der Waals surface area contributed by atoms with Gasteiger partial charge in [-0.05, 0) is 44.1 Å². The van der Waals surface area contributed by atoms with Crippen molar-refractivity contribution in [1.82, 2.24) is 4.90 Å². The first-order valence-electron chi connectivity index (χ1n) is 8.12. The van der Waals surface area contributed by atoms with Crippen LogP contribution in [0.5, 0.6) is 0 Å². The summed E-state index contributed by atoms with van der Waals surface area (Å²) in [7, 11) is 0. The predicted octanol–water partition coefficient (Wildman–Crippen LogP) is 2.79. The van der Waals surface area contributed by atoms with Crippen molar-refractivity contribution in [3.05, 3.63) is 0 Å². The van der Waals surface area contributed by atoms with Gasteiger partial charge in [-0.25, -0.2) is 0 Å². The summed E-state index contributed by atoms with van der Waals surface area (Å²) in [6.07, 6.45) is 7.90. The Morgan fingerprint density at radius 2 is 2.05 bits per heavy atom. The molecule has 112 valence electrons. The van der Waals surface area contributed by atoms with Crippen molar-refractivity contribution in [3.8, 4) is 0 Å². The summed E-state index contributed by atoms with van der Waals surface area (Å²) in [6.45, 7) is 11.0. The van der Waals surface area contributed by atoms with Gasteiger partial charge in [-0.1, -0.05) is 27.2 Å². The van der Waals surface area contributed by atoms with Crippen molar-refractivity contribution in [2.75, 3.05) is 26.2 Å². The first-order chi connectivity index (χ1) is 9.05. The predicted molar refractivity (Wildman–Crippen MR) is 80.3 cm³/mol. The van der Waals surface area contributed by atoms with E-state index < -0.39 is 0 Å². The maximum Gasteiger partial charge on any atom is 0.0702 e. The van der Waals surface area contributed by atoms with Crippen molar-refractivity contribution < 1.29 is 4.74 Å². The summed E-state index contributed by atoms with van der Waals surface area (Å²) in [5.74, 6) is 0. The van der Waals surface area contributed by atoms with Gasteiger partial charge in [-0.3, -0.25) is 4.90 Å². The largest absolute Gasteiger partial charge is 0.377 e. The van der Waals surface area contributed by atoms with E-state index in [1.54, 1.807) is 0 Å². The Hall–Kier alpha value is -0.120. The van der Waals surface area contributed by atoms with Crippen LogP contribution >= 0.6 is 0 Å². The molecule has 2 fully saturated rings. The smallest absolute Gasteiger partial charge is 0.0702 e. The van der Waals surface area contributed by atoms with Crippen LogP contribution in [0.2, 0.25) is 0 Å². The second kappa shape index (κ2) is 6.11. The summed E-state index contributed by atoms with van der Waals surface area (Å²) < 4.78 is 6.00. The Kier molecular flexibility index (Phi) is 4.91. The first-order valence-corrected chi connectivity index (χ1v) is 8.12. The Morgan fingerprint density at radius 3 is 2.63 bits per heavy atom. The van der Waals surface area contributed by atoms with E-state index >= 15 is 0 Å². The number of ether oxygens (including phenoxy) is 1. The van der Waals surface area contributed by atoms with E-state index in [1.807, 2.05) is 0 Å². The van der Waals surface area contributed by atoms with Crippen LogP contribution in [-0.4, -0.2) is 42.8 Å². The number of hydrogen-bond acceptors (Lipinski definition) is 3. The van der Waals surface area contributed by atoms with Crippen LogP contribution in [0.3, 0.4) is 0 Å². The van der Waals surface area contributed by atoms with Gasteiger partial charge < -0.3 is 10.5 Å². The van der Waals surface area contributed by atoms with Gasteiger partial charge in [-0.15, -0.1) is 0 Å². The molecule has 0 aromatic carbocycles. The van der Waals surface area contributed by atoms with E-state index in [4.69, 9.17) is 10.5 Å². The SMILES string of the molecule is CCCOC1CCCN(C2(CN)CCCC2(C)C)C1. The molecule has 0 bridgehead atoms. The van der Waals surface area contributed by atoms with Gasteiger partial charge in [0.1, 0.15) is 0 Å². The number of likely N-dealkylation sites (tertiary alicyclic amines) is 1. The minimum Gasteiger partial charge on any atom is -0.377 e. The number of piperidine rings is 1. The minimum absolute atomic E-state index is 0.210. The summed E-state index contributed by atoms with van der Waals surface area (Å²) in [5.41, 5.74) is 6.79. The molecule has 2 N–H and O–H groups in total. The van der Waals surface area contributed by atoms with Crippen molar-refractivity contribution in [2.24, 2.45) is 11.1 Å². The molecule has 1 heterocycles. The van der Waals surface area contributed by atoms with Crippen LogP contribution in [0.15, 0.2) is 0 Å². The van der Waals surface area contributed by atoms with Gasteiger partial charge in [0.15, 0.2) is 0 Å². The zero-order valence-corrected chi connectivity index (χ0v) is 13.1. The molecule has 3 heteroatoms. The molecule has 0 aromatic rings. The van der Waals surface area contributed by atoms with Crippen LogP contribution < -0.4 is 5.73 Å². The molecule has 2 aliphatic rings. The maximum absolute atomic E-state index is 6.24. The summed E-state index contributed by atoms with van der Waals surface area (Å²) in [5, 5.41) is 0. The third-order valence-electron chi connectivity index (χ3n) is 5.53. The lowest BCUT2D eigenvalue weighted by atomic mass is 9.73. The lowest BCUT2D eigenvalue weighted by molar-refractivity contribution is -0.0639. The number of rotatable bonds is 5. The highest BCUT2D eigenvalue weighted by Crippen LogP contribution is 2.49. The zero-order valence-electron chi connectivity index (χ0n) is 13.1. The molecule has 2 unspecified atom stereocenters. The molecular weight excluding hydrogens is 236 g/mol. The molecule has 2 atom stereocenters. The Bertz CT molecular complexity index is 292. The molecule has 3 nitrogen and oxygen atoms in total. The number of hydrogen-bond donors (Lipinski definition) is 1. The summed E-state index contributed by atoms with van der Waals surface area (Å²) in [4.78, 5) is 2.67. The second-order valence-electron chi connectivity index (χ2n) is 7.05. The molecule has 2 rings (SSSR count). The van der Waals surface area contributed by atoms with Gasteiger partial charge in [0.2, 0.25) is 0 Å². The topological polar surface area (TPSA) is 38.5 Å². The molecule has 0 radical (unpaired) electrons. The molecule has 0 spiro atoms. The van der Waals surface area contributed by atoms with E-state index in [0.29, 0.717) is 11.5 Å². The van der Waals surface area contributed by atoms with Crippen molar-refractivity contribution in [3.63, 3.8) is 0 Å². The standard InChI is InChI=1S/C16H32N2O/c1-4-11-19-14-7-5-10-18(12-14)16(13-17)9-6-8-15(16,2)3/h14H,4-13,17H2,1-3H3.